The summed E-state index contributed by atoms with van der Waals surface area (Å²) in [6.07, 6.45) is 2.38. The topological polar surface area (TPSA) is 102 Å². The minimum absolute atomic E-state index is 0.0542. The van der Waals surface area contributed by atoms with E-state index >= 15 is 0 Å². The van der Waals surface area contributed by atoms with Crippen molar-refractivity contribution >= 4 is 22.8 Å². The highest BCUT2D eigenvalue weighted by molar-refractivity contribution is 6.33. The molecule has 0 aromatic carbocycles. The number of hydrogen-bond donors (Lipinski definition) is 2. The Hall–Kier alpha value is -2.26. The molecule has 3 aromatic heterocycles. The molecule has 0 amide bonds. The van der Waals surface area contributed by atoms with E-state index in [1.807, 2.05) is 6.07 Å². The second-order valence-electron chi connectivity index (χ2n) is 6.58. The van der Waals surface area contributed by atoms with Crippen LogP contribution in [0.1, 0.15) is 12.1 Å². The van der Waals surface area contributed by atoms with Crippen molar-refractivity contribution in [2.24, 2.45) is 0 Å². The van der Waals surface area contributed by atoms with E-state index in [1.165, 1.54) is 0 Å². The number of ether oxygens (including phenoxy) is 3. The van der Waals surface area contributed by atoms with Crippen LogP contribution in [0.2, 0.25) is 5.02 Å². The SMILES string of the molecule is OCc1ccc(-c2nc3nc(OC4CO[C@@H]5CCO[C@H]45)[nH]c3cc2Cl)cn1. The van der Waals surface area contributed by atoms with Gasteiger partial charge in [0, 0.05) is 18.4 Å². The molecule has 2 aliphatic rings. The Labute approximate surface area is 159 Å². The van der Waals surface area contributed by atoms with Crippen LogP contribution >= 0.6 is 11.6 Å². The van der Waals surface area contributed by atoms with Gasteiger partial charge in [-0.1, -0.05) is 11.6 Å². The number of pyridine rings is 2. The number of aliphatic hydroxyl groups is 1. The summed E-state index contributed by atoms with van der Waals surface area (Å²) in [5.74, 6) is 0. The zero-order valence-electron chi connectivity index (χ0n) is 14.3. The Bertz CT molecular complexity index is 977. The summed E-state index contributed by atoms with van der Waals surface area (Å²) in [6.45, 7) is 1.06. The summed E-state index contributed by atoms with van der Waals surface area (Å²) in [5.41, 5.74) is 3.08. The summed E-state index contributed by atoms with van der Waals surface area (Å²) >= 11 is 6.40. The van der Waals surface area contributed by atoms with Gasteiger partial charge >= 0.3 is 0 Å². The smallest absolute Gasteiger partial charge is 0.296 e. The minimum Gasteiger partial charge on any atom is -0.456 e. The fourth-order valence-electron chi connectivity index (χ4n) is 3.49. The molecule has 2 fully saturated rings. The van der Waals surface area contributed by atoms with E-state index in [0.29, 0.717) is 46.8 Å². The molecule has 5 rings (SSSR count). The van der Waals surface area contributed by atoms with Crippen LogP contribution in [0.3, 0.4) is 0 Å². The summed E-state index contributed by atoms with van der Waals surface area (Å²) in [7, 11) is 0. The highest BCUT2D eigenvalue weighted by Crippen LogP contribution is 2.31. The van der Waals surface area contributed by atoms with Crippen molar-refractivity contribution in [1.82, 2.24) is 19.9 Å². The van der Waals surface area contributed by atoms with Gasteiger partial charge in [0.15, 0.2) is 11.8 Å². The van der Waals surface area contributed by atoms with Crippen LogP contribution in [0.4, 0.5) is 0 Å². The number of fused-ring (bicyclic) bond motifs is 2. The quantitative estimate of drug-likeness (QED) is 0.705. The Morgan fingerprint density at radius 2 is 2.22 bits per heavy atom. The molecule has 3 aromatic rings. The number of hydrogen-bond acceptors (Lipinski definition) is 7. The summed E-state index contributed by atoms with van der Waals surface area (Å²) in [6, 6.07) is 5.67. The molecular weight excluding hydrogens is 372 g/mol. The second-order valence-corrected chi connectivity index (χ2v) is 6.99. The lowest BCUT2D eigenvalue weighted by molar-refractivity contribution is 0.0273. The van der Waals surface area contributed by atoms with Crippen molar-refractivity contribution in [2.75, 3.05) is 13.2 Å². The summed E-state index contributed by atoms with van der Waals surface area (Å²) < 4.78 is 17.3. The molecule has 0 bridgehead atoms. The van der Waals surface area contributed by atoms with Crippen LogP contribution in [0.15, 0.2) is 24.4 Å². The van der Waals surface area contributed by atoms with Gasteiger partial charge in [0.1, 0.15) is 6.10 Å². The largest absolute Gasteiger partial charge is 0.456 e. The van der Waals surface area contributed by atoms with E-state index in [9.17, 15) is 0 Å². The first-order valence-corrected chi connectivity index (χ1v) is 9.11. The van der Waals surface area contributed by atoms with Crippen molar-refractivity contribution in [3.63, 3.8) is 0 Å². The first kappa shape index (κ1) is 16.9. The molecular formula is C18H17ClN4O4. The molecule has 1 unspecified atom stereocenters. The van der Waals surface area contributed by atoms with Gasteiger partial charge in [-0.3, -0.25) is 4.98 Å². The fraction of sp³-hybridized carbons (Fsp3) is 0.389. The number of aromatic nitrogens is 4. The zero-order chi connectivity index (χ0) is 18.4. The van der Waals surface area contributed by atoms with E-state index in [4.69, 9.17) is 30.9 Å². The van der Waals surface area contributed by atoms with Gasteiger partial charge in [-0.25, -0.2) is 4.98 Å². The van der Waals surface area contributed by atoms with Gasteiger partial charge < -0.3 is 24.3 Å². The number of imidazole rings is 1. The molecule has 2 N–H and O–H groups in total. The number of H-pyrrole nitrogens is 1. The highest BCUT2D eigenvalue weighted by Gasteiger charge is 2.43. The van der Waals surface area contributed by atoms with E-state index < -0.39 is 0 Å². The summed E-state index contributed by atoms with van der Waals surface area (Å²) in [5, 5.41) is 9.59. The molecule has 0 radical (unpaired) electrons. The summed E-state index contributed by atoms with van der Waals surface area (Å²) in [4.78, 5) is 16.2. The number of aliphatic hydroxyl groups excluding tert-OH is 1. The van der Waals surface area contributed by atoms with E-state index in [2.05, 4.69) is 19.9 Å². The molecule has 140 valence electrons. The maximum Gasteiger partial charge on any atom is 0.296 e. The van der Waals surface area contributed by atoms with Crippen LogP contribution in [0, 0.1) is 0 Å². The van der Waals surface area contributed by atoms with Gasteiger partial charge in [-0.2, -0.15) is 4.98 Å². The monoisotopic (exact) mass is 388 g/mol. The number of nitrogens with zero attached hydrogens (tertiary/aromatic N) is 3. The fourth-order valence-corrected chi connectivity index (χ4v) is 3.75. The molecule has 27 heavy (non-hydrogen) atoms. The lowest BCUT2D eigenvalue weighted by atomic mass is 10.1. The lowest BCUT2D eigenvalue weighted by Gasteiger charge is -2.15. The third kappa shape index (κ3) is 3.04. The van der Waals surface area contributed by atoms with Gasteiger partial charge in [-0.15, -0.1) is 0 Å². The second kappa shape index (κ2) is 6.72. The molecule has 0 saturated carbocycles. The number of halogens is 1. The predicted octanol–water partition coefficient (Wildman–Crippen LogP) is 2.10. The van der Waals surface area contributed by atoms with E-state index in [-0.39, 0.29) is 24.9 Å². The predicted molar refractivity (Wildman–Crippen MR) is 96.6 cm³/mol. The molecule has 2 aliphatic heterocycles. The van der Waals surface area contributed by atoms with Crippen LogP contribution < -0.4 is 4.74 Å². The number of aromatic amines is 1. The number of rotatable bonds is 4. The van der Waals surface area contributed by atoms with Crippen LogP contribution in [0.5, 0.6) is 6.01 Å². The average Bonchev–Trinajstić information content (AvgIpc) is 3.38. The molecule has 9 heteroatoms. The van der Waals surface area contributed by atoms with Crippen LogP contribution in [0.25, 0.3) is 22.4 Å². The standard InChI is InChI=1S/C18H17ClN4O4/c19-11-5-12-17(22-15(11)9-1-2-10(7-24)20-6-9)23-18(21-12)27-14-8-26-13-3-4-25-16(13)14/h1-2,5-6,13-14,16,24H,3-4,7-8H2,(H,21,22,23)/t13-,14?,16+/m1/s1. The zero-order valence-corrected chi connectivity index (χ0v) is 15.0. The van der Waals surface area contributed by atoms with Crippen molar-refractivity contribution in [2.45, 2.75) is 31.3 Å². The van der Waals surface area contributed by atoms with Gasteiger partial charge in [-0.05, 0) is 24.6 Å². The van der Waals surface area contributed by atoms with E-state index in [1.54, 1.807) is 18.3 Å². The first-order chi connectivity index (χ1) is 13.2. The van der Waals surface area contributed by atoms with Gasteiger partial charge in [0.2, 0.25) is 0 Å². The molecule has 5 heterocycles. The van der Waals surface area contributed by atoms with Crippen molar-refractivity contribution in [1.29, 1.82) is 0 Å². The van der Waals surface area contributed by atoms with Crippen molar-refractivity contribution in [3.8, 4) is 17.3 Å². The van der Waals surface area contributed by atoms with Crippen molar-refractivity contribution in [3.05, 3.63) is 35.1 Å². The minimum atomic E-state index is -0.191. The third-order valence-electron chi connectivity index (χ3n) is 4.85. The van der Waals surface area contributed by atoms with Gasteiger partial charge in [0.05, 0.1) is 41.2 Å². The lowest BCUT2D eigenvalue weighted by Crippen LogP contribution is -2.32. The maximum atomic E-state index is 9.12. The molecule has 0 spiro atoms. The Kier molecular flexibility index (Phi) is 4.20. The van der Waals surface area contributed by atoms with Crippen LogP contribution in [-0.2, 0) is 16.1 Å². The first-order valence-electron chi connectivity index (χ1n) is 8.73. The maximum absolute atomic E-state index is 9.12. The molecule has 0 aliphatic carbocycles. The van der Waals surface area contributed by atoms with Gasteiger partial charge in [0.25, 0.3) is 6.01 Å². The Balaban J connectivity index is 1.43. The Morgan fingerprint density at radius 1 is 1.30 bits per heavy atom. The van der Waals surface area contributed by atoms with E-state index in [0.717, 1.165) is 12.0 Å². The molecule has 3 atom stereocenters. The van der Waals surface area contributed by atoms with Crippen LogP contribution in [-0.4, -0.2) is 56.6 Å². The number of nitrogens with one attached hydrogen (secondary N) is 1. The average molecular weight is 389 g/mol. The molecule has 8 nitrogen and oxygen atoms in total. The highest BCUT2D eigenvalue weighted by atomic mass is 35.5. The third-order valence-corrected chi connectivity index (χ3v) is 5.14. The normalized spacial score (nSPS) is 24.4. The Morgan fingerprint density at radius 3 is 3.04 bits per heavy atom. The van der Waals surface area contributed by atoms with Crippen molar-refractivity contribution < 1.29 is 19.3 Å². The molecule has 2 saturated heterocycles.